The summed E-state index contributed by atoms with van der Waals surface area (Å²) in [6, 6.07) is 10.1. The summed E-state index contributed by atoms with van der Waals surface area (Å²) in [4.78, 5) is 17.1. The van der Waals surface area contributed by atoms with Gasteiger partial charge in [-0.25, -0.2) is 0 Å². The van der Waals surface area contributed by atoms with E-state index in [-0.39, 0.29) is 11.5 Å². The highest BCUT2D eigenvalue weighted by atomic mass is 16.5. The van der Waals surface area contributed by atoms with E-state index in [1.165, 1.54) is 0 Å². The molecule has 1 aromatic carbocycles. The van der Waals surface area contributed by atoms with Gasteiger partial charge in [0.1, 0.15) is 5.54 Å². The zero-order valence-corrected chi connectivity index (χ0v) is 16.1. The van der Waals surface area contributed by atoms with Crippen molar-refractivity contribution in [2.24, 2.45) is 0 Å². The first-order valence-electron chi connectivity index (χ1n) is 9.46. The van der Waals surface area contributed by atoms with Crippen molar-refractivity contribution in [1.82, 2.24) is 10.2 Å². The zero-order valence-electron chi connectivity index (χ0n) is 16.1. The van der Waals surface area contributed by atoms with Gasteiger partial charge in [0.05, 0.1) is 25.0 Å². The third-order valence-electron chi connectivity index (χ3n) is 5.27. The van der Waals surface area contributed by atoms with Crippen LogP contribution in [0.2, 0.25) is 0 Å². The molecule has 6 heteroatoms. The topological polar surface area (TPSA) is 65.0 Å². The maximum absolute atomic E-state index is 12.6. The Hall–Kier alpha value is -1.63. The number of aliphatic hydroxyl groups is 1. The number of hydrogen-bond acceptors (Lipinski definition) is 5. The van der Waals surface area contributed by atoms with Crippen molar-refractivity contribution in [3.63, 3.8) is 0 Å². The summed E-state index contributed by atoms with van der Waals surface area (Å²) in [6.45, 7) is 9.03. The summed E-state index contributed by atoms with van der Waals surface area (Å²) >= 11 is 0. The summed E-state index contributed by atoms with van der Waals surface area (Å²) < 4.78 is 5.67. The lowest BCUT2D eigenvalue weighted by atomic mass is 9.85. The molecular formula is C20H31N3O3. The number of para-hydroxylation sites is 1. The number of amides is 1. The van der Waals surface area contributed by atoms with Crippen molar-refractivity contribution in [3.8, 4) is 0 Å². The van der Waals surface area contributed by atoms with Crippen molar-refractivity contribution in [1.29, 1.82) is 0 Å². The van der Waals surface area contributed by atoms with E-state index < -0.39 is 11.6 Å². The molecule has 0 saturated carbocycles. The quantitative estimate of drug-likeness (QED) is 0.834. The number of ether oxygens (including phenoxy) is 1. The second-order valence-electron chi connectivity index (χ2n) is 8.34. The molecule has 1 spiro atoms. The van der Waals surface area contributed by atoms with Gasteiger partial charge < -0.3 is 25.0 Å². The highest BCUT2D eigenvalue weighted by Gasteiger charge is 2.50. The van der Waals surface area contributed by atoms with E-state index in [1.807, 2.05) is 39.0 Å². The molecule has 6 nitrogen and oxygen atoms in total. The molecule has 2 aliphatic heterocycles. The minimum absolute atomic E-state index is 0.123. The number of rotatable bonds is 5. The van der Waals surface area contributed by atoms with Gasteiger partial charge in [-0.2, -0.15) is 0 Å². The third-order valence-corrected chi connectivity index (χ3v) is 5.27. The van der Waals surface area contributed by atoms with Crippen LogP contribution in [0, 0.1) is 0 Å². The van der Waals surface area contributed by atoms with Crippen LogP contribution in [0.15, 0.2) is 30.3 Å². The molecule has 3 rings (SSSR count). The van der Waals surface area contributed by atoms with Gasteiger partial charge in [-0.3, -0.25) is 4.79 Å². The maximum atomic E-state index is 12.6. The number of likely N-dealkylation sites (tertiary alicyclic amines) is 1. The molecule has 2 heterocycles. The number of benzene rings is 1. The minimum atomic E-state index is -0.508. The fraction of sp³-hybridized carbons (Fsp3) is 0.650. The van der Waals surface area contributed by atoms with Crippen LogP contribution in [0.25, 0.3) is 0 Å². The van der Waals surface area contributed by atoms with Crippen LogP contribution in [-0.2, 0) is 9.53 Å². The molecule has 1 atom stereocenters. The Bertz CT molecular complexity index is 606. The number of piperidine rings is 1. The molecule has 1 unspecified atom stereocenters. The van der Waals surface area contributed by atoms with Gasteiger partial charge >= 0.3 is 0 Å². The molecule has 26 heavy (non-hydrogen) atoms. The van der Waals surface area contributed by atoms with Gasteiger partial charge in [-0.05, 0) is 45.7 Å². The number of β-amino-alcohol motifs (C(OH)–C–C–N with tert-alkyl or cyclic N) is 1. The number of carbonyl (C=O) groups is 1. The first kappa shape index (κ1) is 19.1. The molecule has 0 aromatic heterocycles. The van der Waals surface area contributed by atoms with E-state index in [2.05, 4.69) is 27.2 Å². The second-order valence-corrected chi connectivity index (χ2v) is 8.34. The molecule has 2 fully saturated rings. The summed E-state index contributed by atoms with van der Waals surface area (Å²) in [6.07, 6.45) is 1.02. The van der Waals surface area contributed by atoms with Crippen LogP contribution < -0.4 is 10.2 Å². The molecule has 2 saturated heterocycles. The predicted octanol–water partition coefficient (Wildman–Crippen LogP) is 1.59. The lowest BCUT2D eigenvalue weighted by molar-refractivity contribution is -0.125. The molecule has 1 amide bonds. The van der Waals surface area contributed by atoms with E-state index >= 15 is 0 Å². The highest BCUT2D eigenvalue weighted by Crippen LogP contribution is 2.36. The average Bonchev–Trinajstić information content (AvgIpc) is 2.92. The number of nitrogens with one attached hydrogen (secondary N) is 1. The molecule has 2 N–H and O–H groups in total. The Kier molecular flexibility index (Phi) is 5.55. The lowest BCUT2D eigenvalue weighted by Crippen LogP contribution is -2.57. The Morgan fingerprint density at radius 3 is 2.50 bits per heavy atom. The number of anilines is 1. The fourth-order valence-corrected chi connectivity index (χ4v) is 3.84. The highest BCUT2D eigenvalue weighted by molar-refractivity contribution is 5.93. The van der Waals surface area contributed by atoms with Crippen LogP contribution in [0.5, 0.6) is 0 Å². The zero-order chi connectivity index (χ0) is 18.8. The summed E-state index contributed by atoms with van der Waals surface area (Å²) in [5.74, 6) is 0.123. The van der Waals surface area contributed by atoms with Crippen LogP contribution in [-0.4, -0.2) is 66.1 Å². The maximum Gasteiger partial charge on any atom is 0.247 e. The molecule has 2 aliphatic rings. The average molecular weight is 361 g/mol. The van der Waals surface area contributed by atoms with Crippen molar-refractivity contribution >= 4 is 11.6 Å². The van der Waals surface area contributed by atoms with Gasteiger partial charge in [0.25, 0.3) is 0 Å². The standard InChI is InChI=1S/C20H31N3O3/c1-19(2,3)26-14-17(24)13-22-11-9-20(10-12-22)18(25)21-15-23(20)16-7-5-4-6-8-16/h4-8,17,24H,9-15H2,1-3H3,(H,21,25). The number of nitrogens with zero attached hydrogens (tertiary/aromatic N) is 2. The monoisotopic (exact) mass is 361 g/mol. The minimum Gasteiger partial charge on any atom is -0.389 e. The molecule has 0 aliphatic carbocycles. The van der Waals surface area contributed by atoms with Gasteiger partial charge in [-0.15, -0.1) is 0 Å². The summed E-state index contributed by atoms with van der Waals surface area (Å²) in [5.41, 5.74) is 0.369. The number of aliphatic hydroxyl groups excluding tert-OH is 1. The third kappa shape index (κ3) is 4.19. The largest absolute Gasteiger partial charge is 0.389 e. The molecule has 0 radical (unpaired) electrons. The Morgan fingerprint density at radius 2 is 1.88 bits per heavy atom. The van der Waals surface area contributed by atoms with Gasteiger partial charge in [0.15, 0.2) is 0 Å². The molecule has 1 aromatic rings. The Balaban J connectivity index is 1.58. The van der Waals surface area contributed by atoms with Gasteiger partial charge in [0, 0.05) is 25.3 Å². The van der Waals surface area contributed by atoms with E-state index in [9.17, 15) is 9.90 Å². The van der Waals surface area contributed by atoms with Crippen LogP contribution >= 0.6 is 0 Å². The first-order valence-corrected chi connectivity index (χ1v) is 9.46. The lowest BCUT2D eigenvalue weighted by Gasteiger charge is -2.43. The normalized spacial score (nSPS) is 21.8. The van der Waals surface area contributed by atoms with Gasteiger partial charge in [-0.1, -0.05) is 18.2 Å². The summed E-state index contributed by atoms with van der Waals surface area (Å²) in [5, 5.41) is 13.3. The van der Waals surface area contributed by atoms with Crippen LogP contribution in [0.3, 0.4) is 0 Å². The van der Waals surface area contributed by atoms with E-state index in [1.54, 1.807) is 0 Å². The van der Waals surface area contributed by atoms with Crippen molar-refractivity contribution in [2.45, 2.75) is 50.9 Å². The second kappa shape index (κ2) is 7.55. The molecule has 144 valence electrons. The van der Waals surface area contributed by atoms with E-state index in [0.29, 0.717) is 19.8 Å². The SMILES string of the molecule is CC(C)(C)OCC(O)CN1CCC2(CC1)C(=O)NCN2c1ccccc1. The van der Waals surface area contributed by atoms with E-state index in [4.69, 9.17) is 4.74 Å². The van der Waals surface area contributed by atoms with Crippen molar-refractivity contribution < 1.29 is 14.6 Å². The first-order chi connectivity index (χ1) is 12.3. The Morgan fingerprint density at radius 1 is 1.23 bits per heavy atom. The molecule has 0 bridgehead atoms. The fourth-order valence-electron chi connectivity index (χ4n) is 3.84. The number of carbonyl (C=O) groups excluding carboxylic acids is 1. The van der Waals surface area contributed by atoms with Crippen LogP contribution in [0.4, 0.5) is 5.69 Å². The van der Waals surface area contributed by atoms with Crippen molar-refractivity contribution in [3.05, 3.63) is 30.3 Å². The number of hydrogen-bond donors (Lipinski definition) is 2. The van der Waals surface area contributed by atoms with Crippen LogP contribution in [0.1, 0.15) is 33.6 Å². The predicted molar refractivity (Wildman–Crippen MR) is 102 cm³/mol. The smallest absolute Gasteiger partial charge is 0.247 e. The van der Waals surface area contributed by atoms with Crippen molar-refractivity contribution in [2.75, 3.05) is 37.8 Å². The molecular weight excluding hydrogens is 330 g/mol. The van der Waals surface area contributed by atoms with Gasteiger partial charge in [0.2, 0.25) is 5.91 Å². The van der Waals surface area contributed by atoms with E-state index in [0.717, 1.165) is 31.6 Å². The Labute approximate surface area is 156 Å². The summed E-state index contributed by atoms with van der Waals surface area (Å²) in [7, 11) is 0.